The summed E-state index contributed by atoms with van der Waals surface area (Å²) in [5, 5.41) is 0. The largest absolute Gasteiger partial charge is 0.422 e. The van der Waals surface area contributed by atoms with Crippen molar-refractivity contribution in [2.75, 3.05) is 0 Å². The molecule has 4 rings (SSSR count). The van der Waals surface area contributed by atoms with Crippen LogP contribution in [0.5, 0.6) is 0 Å². The van der Waals surface area contributed by atoms with Crippen molar-refractivity contribution >= 4 is 0 Å². The molecule has 2 aromatic rings. The highest BCUT2D eigenvalue weighted by atomic mass is 19.4. The zero-order valence-corrected chi connectivity index (χ0v) is 21.5. The number of halogens is 9. The van der Waals surface area contributed by atoms with E-state index in [0.717, 1.165) is 19.3 Å². The molecule has 0 aliphatic heterocycles. The number of hydrogen-bond acceptors (Lipinski definition) is 1. The minimum absolute atomic E-state index is 0.0397. The highest BCUT2D eigenvalue weighted by Gasteiger charge is 2.43. The quantitative estimate of drug-likeness (QED) is 0.303. The molecule has 0 unspecified atom stereocenters. The summed E-state index contributed by atoms with van der Waals surface area (Å²) in [4.78, 5) is 0. The smallest absolute Gasteiger partial charge is 0.313 e. The highest BCUT2D eigenvalue weighted by molar-refractivity contribution is 5.31. The molecular formula is C29H31F9O. The lowest BCUT2D eigenvalue weighted by atomic mass is 9.69. The summed E-state index contributed by atoms with van der Waals surface area (Å²) in [6, 6.07) is 3.27. The lowest BCUT2D eigenvalue weighted by Crippen LogP contribution is -2.32. The summed E-state index contributed by atoms with van der Waals surface area (Å²) in [6.07, 6.45) is -4.52. The molecule has 0 bridgehead atoms. The van der Waals surface area contributed by atoms with Gasteiger partial charge >= 0.3 is 12.3 Å². The minimum atomic E-state index is -5.36. The molecule has 0 heterocycles. The molecule has 0 spiro atoms. The van der Waals surface area contributed by atoms with Crippen molar-refractivity contribution in [2.45, 2.75) is 95.4 Å². The maximum Gasteiger partial charge on any atom is 0.422 e. The lowest BCUT2D eigenvalue weighted by molar-refractivity contribution is -0.278. The van der Waals surface area contributed by atoms with E-state index in [1.807, 2.05) is 6.92 Å². The van der Waals surface area contributed by atoms with Gasteiger partial charge in [-0.2, -0.15) is 22.0 Å². The van der Waals surface area contributed by atoms with Crippen molar-refractivity contribution in [3.05, 3.63) is 69.8 Å². The molecule has 1 nitrogen and oxygen atoms in total. The zero-order chi connectivity index (χ0) is 28.5. The van der Waals surface area contributed by atoms with Crippen molar-refractivity contribution in [1.29, 1.82) is 0 Å². The number of hydrogen-bond donors (Lipinski definition) is 0. The molecule has 216 valence electrons. The van der Waals surface area contributed by atoms with Gasteiger partial charge in [0.15, 0.2) is 11.6 Å². The van der Waals surface area contributed by atoms with Crippen molar-refractivity contribution in [2.24, 2.45) is 11.8 Å². The third-order valence-electron chi connectivity index (χ3n) is 8.29. The molecule has 2 saturated carbocycles. The van der Waals surface area contributed by atoms with Crippen LogP contribution in [0.25, 0.3) is 0 Å². The average Bonchev–Trinajstić information content (AvgIpc) is 2.86. The van der Waals surface area contributed by atoms with E-state index in [9.17, 15) is 39.5 Å². The van der Waals surface area contributed by atoms with Gasteiger partial charge in [0.05, 0.1) is 11.7 Å². The van der Waals surface area contributed by atoms with Crippen LogP contribution in [-0.4, -0.2) is 6.10 Å². The first-order chi connectivity index (χ1) is 18.3. The van der Waals surface area contributed by atoms with Gasteiger partial charge in [0, 0.05) is 0 Å². The SMILES string of the molecule is CCCc1ccc(C2CCC(C3CCC(OC(F)(F)c4cc(F)c(C(F)(F)F)c(F)c4)CC3)CC2)c(F)c1F. The summed E-state index contributed by atoms with van der Waals surface area (Å²) >= 11 is 0. The molecule has 0 N–H and O–H groups in total. The first kappa shape index (κ1) is 29.7. The molecular weight excluding hydrogens is 535 g/mol. The summed E-state index contributed by atoms with van der Waals surface area (Å²) in [6.45, 7) is 1.90. The topological polar surface area (TPSA) is 9.23 Å². The minimum Gasteiger partial charge on any atom is -0.313 e. The van der Waals surface area contributed by atoms with Crippen molar-refractivity contribution in [1.82, 2.24) is 0 Å². The van der Waals surface area contributed by atoms with Gasteiger partial charge in [0.2, 0.25) is 0 Å². The van der Waals surface area contributed by atoms with E-state index in [0.29, 0.717) is 49.1 Å². The Morgan fingerprint density at radius 1 is 0.744 bits per heavy atom. The van der Waals surface area contributed by atoms with E-state index >= 15 is 0 Å². The van der Waals surface area contributed by atoms with E-state index < -0.39 is 52.8 Å². The van der Waals surface area contributed by atoms with E-state index in [-0.39, 0.29) is 36.8 Å². The van der Waals surface area contributed by atoms with Gasteiger partial charge in [0.25, 0.3) is 0 Å². The Morgan fingerprint density at radius 3 is 1.79 bits per heavy atom. The summed E-state index contributed by atoms with van der Waals surface area (Å²) in [5.74, 6) is -5.31. The van der Waals surface area contributed by atoms with Gasteiger partial charge in [-0.15, -0.1) is 0 Å². The maximum absolute atomic E-state index is 14.7. The van der Waals surface area contributed by atoms with Crippen LogP contribution in [0, 0.1) is 35.1 Å². The molecule has 2 aromatic carbocycles. The van der Waals surface area contributed by atoms with Crippen LogP contribution in [0.3, 0.4) is 0 Å². The molecule has 0 saturated heterocycles. The molecule has 10 heteroatoms. The van der Waals surface area contributed by atoms with Crippen molar-refractivity contribution in [3.8, 4) is 0 Å². The van der Waals surface area contributed by atoms with Crippen molar-refractivity contribution in [3.63, 3.8) is 0 Å². The molecule has 0 aromatic heterocycles. The predicted octanol–water partition coefficient (Wildman–Crippen LogP) is 9.81. The van der Waals surface area contributed by atoms with Crippen LogP contribution in [0.1, 0.15) is 92.9 Å². The van der Waals surface area contributed by atoms with Gasteiger partial charge in [-0.05, 0) is 98.8 Å². The normalized spacial score (nSPS) is 24.7. The Labute approximate surface area is 221 Å². The molecule has 39 heavy (non-hydrogen) atoms. The van der Waals surface area contributed by atoms with Crippen LogP contribution >= 0.6 is 0 Å². The fraction of sp³-hybridized carbons (Fsp3) is 0.586. The molecule has 2 aliphatic carbocycles. The Bertz CT molecular complexity index is 1120. The Hall–Kier alpha value is -2.23. The van der Waals surface area contributed by atoms with Crippen LogP contribution in [0.15, 0.2) is 24.3 Å². The number of ether oxygens (including phenoxy) is 1. The highest BCUT2D eigenvalue weighted by Crippen LogP contribution is 2.45. The van der Waals surface area contributed by atoms with Crippen LogP contribution in [-0.2, 0) is 23.4 Å². The predicted molar refractivity (Wildman–Crippen MR) is 127 cm³/mol. The number of benzene rings is 2. The van der Waals surface area contributed by atoms with Gasteiger partial charge in [-0.1, -0.05) is 25.5 Å². The Kier molecular flexibility index (Phi) is 8.93. The van der Waals surface area contributed by atoms with Gasteiger partial charge < -0.3 is 4.74 Å². The van der Waals surface area contributed by atoms with Gasteiger partial charge in [0.1, 0.15) is 17.2 Å². The number of aryl methyl sites for hydroxylation is 1. The lowest BCUT2D eigenvalue weighted by Gasteiger charge is -2.38. The molecule has 0 amide bonds. The van der Waals surface area contributed by atoms with E-state index in [1.165, 1.54) is 0 Å². The first-order valence-electron chi connectivity index (χ1n) is 13.4. The second-order valence-electron chi connectivity index (χ2n) is 10.8. The van der Waals surface area contributed by atoms with E-state index in [2.05, 4.69) is 0 Å². The first-order valence-corrected chi connectivity index (χ1v) is 13.4. The standard InChI is InChI=1S/C29H31F9O/c1-2-3-19-10-13-22(27(33)26(19)32)18-6-4-16(5-7-18)17-8-11-21(12-9-17)39-29(37,38)20-14-23(30)25(24(31)15-20)28(34,35)36/h10,13-18,21H,2-9,11-12H2,1H3. The monoisotopic (exact) mass is 566 g/mol. The van der Waals surface area contributed by atoms with Crippen LogP contribution < -0.4 is 0 Å². The second kappa shape index (κ2) is 11.7. The second-order valence-corrected chi connectivity index (χ2v) is 10.8. The van der Waals surface area contributed by atoms with Crippen molar-refractivity contribution < 1.29 is 44.3 Å². The van der Waals surface area contributed by atoms with E-state index in [1.54, 1.807) is 12.1 Å². The fourth-order valence-corrected chi connectivity index (χ4v) is 6.25. The average molecular weight is 567 g/mol. The zero-order valence-electron chi connectivity index (χ0n) is 21.5. The Balaban J connectivity index is 1.31. The summed E-state index contributed by atoms with van der Waals surface area (Å²) in [5.41, 5.74) is -2.75. The maximum atomic E-state index is 14.7. The van der Waals surface area contributed by atoms with Gasteiger partial charge in [-0.25, -0.2) is 17.6 Å². The molecule has 0 atom stereocenters. The van der Waals surface area contributed by atoms with Crippen LogP contribution in [0.4, 0.5) is 39.5 Å². The van der Waals surface area contributed by atoms with E-state index in [4.69, 9.17) is 4.74 Å². The number of rotatable bonds is 7. The van der Waals surface area contributed by atoms with Gasteiger partial charge in [-0.3, -0.25) is 0 Å². The summed E-state index contributed by atoms with van der Waals surface area (Å²) in [7, 11) is 0. The molecule has 2 aliphatic rings. The third-order valence-corrected chi connectivity index (χ3v) is 8.29. The fourth-order valence-electron chi connectivity index (χ4n) is 6.25. The third kappa shape index (κ3) is 6.57. The molecule has 0 radical (unpaired) electrons. The van der Waals surface area contributed by atoms with Crippen LogP contribution in [0.2, 0.25) is 0 Å². The number of alkyl halides is 5. The Morgan fingerprint density at radius 2 is 1.28 bits per heavy atom. The summed E-state index contributed by atoms with van der Waals surface area (Å²) < 4.78 is 129. The molecule has 2 fully saturated rings.